The summed E-state index contributed by atoms with van der Waals surface area (Å²) in [4.78, 5) is 48.0. The van der Waals surface area contributed by atoms with Gasteiger partial charge >= 0.3 is 0 Å². The van der Waals surface area contributed by atoms with E-state index in [9.17, 15) is 19.5 Å². The Bertz CT molecular complexity index is 1300. The van der Waals surface area contributed by atoms with E-state index in [4.69, 9.17) is 4.74 Å². The Morgan fingerprint density at radius 3 is 2.32 bits per heavy atom. The predicted octanol–water partition coefficient (Wildman–Crippen LogP) is 3.57. The predicted molar refractivity (Wildman–Crippen MR) is 157 cm³/mol. The second kappa shape index (κ2) is 11.6. The highest BCUT2D eigenvalue weighted by atomic mass is 16.5. The summed E-state index contributed by atoms with van der Waals surface area (Å²) in [6, 6.07) is 18.1. The minimum Gasteiger partial charge on any atom is -0.396 e. The molecule has 3 heterocycles. The van der Waals surface area contributed by atoms with Gasteiger partial charge in [0.1, 0.15) is 11.6 Å². The van der Waals surface area contributed by atoms with E-state index >= 15 is 0 Å². The van der Waals surface area contributed by atoms with Gasteiger partial charge in [0.05, 0.1) is 17.4 Å². The number of nitrogens with zero attached hydrogens (tertiary/aromatic N) is 3. The maximum absolute atomic E-state index is 14.5. The molecule has 8 heteroatoms. The van der Waals surface area contributed by atoms with E-state index in [0.29, 0.717) is 38.0 Å². The molecule has 216 valence electrons. The maximum atomic E-state index is 14.5. The molecule has 3 aliphatic heterocycles. The summed E-state index contributed by atoms with van der Waals surface area (Å²) in [5.74, 6) is -2.27. The van der Waals surface area contributed by atoms with Crippen LogP contribution in [0.15, 0.2) is 86.0 Å². The third-order valence-corrected chi connectivity index (χ3v) is 8.86. The smallest absolute Gasteiger partial charge is 0.248 e. The molecule has 3 saturated heterocycles. The minimum atomic E-state index is -1.13. The second-order valence-corrected chi connectivity index (χ2v) is 11.4. The number of benzene rings is 2. The normalized spacial score (nSPS) is 27.9. The van der Waals surface area contributed by atoms with Gasteiger partial charge in [-0.2, -0.15) is 0 Å². The van der Waals surface area contributed by atoms with Gasteiger partial charge in [-0.15, -0.1) is 13.2 Å². The molecule has 3 aliphatic rings. The molecule has 1 spiro atoms. The van der Waals surface area contributed by atoms with Crippen LogP contribution >= 0.6 is 0 Å². The van der Waals surface area contributed by atoms with Crippen LogP contribution in [-0.2, 0) is 25.7 Å². The van der Waals surface area contributed by atoms with Crippen molar-refractivity contribution in [1.82, 2.24) is 9.80 Å². The number of hydrogen-bond acceptors (Lipinski definition) is 5. The summed E-state index contributed by atoms with van der Waals surface area (Å²) in [5, 5.41) is 9.65. The zero-order valence-corrected chi connectivity index (χ0v) is 23.7. The fourth-order valence-corrected chi connectivity index (χ4v) is 7.16. The Morgan fingerprint density at radius 2 is 1.68 bits per heavy atom. The van der Waals surface area contributed by atoms with Gasteiger partial charge in [-0.25, -0.2) is 0 Å². The van der Waals surface area contributed by atoms with Crippen molar-refractivity contribution in [3.05, 3.63) is 91.5 Å². The number of anilines is 1. The number of aliphatic hydroxyl groups excluding tert-OH is 1. The molecule has 0 aromatic heterocycles. The number of ether oxygens (including phenoxy) is 1. The summed E-state index contributed by atoms with van der Waals surface area (Å²) in [6.45, 7) is 10.6. The topological polar surface area (TPSA) is 90.4 Å². The molecule has 8 nitrogen and oxygen atoms in total. The van der Waals surface area contributed by atoms with Gasteiger partial charge in [0, 0.05) is 38.5 Å². The fourth-order valence-electron chi connectivity index (χ4n) is 7.16. The van der Waals surface area contributed by atoms with Gasteiger partial charge < -0.3 is 24.5 Å². The highest BCUT2D eigenvalue weighted by Crippen LogP contribution is 2.63. The third-order valence-electron chi connectivity index (χ3n) is 8.86. The largest absolute Gasteiger partial charge is 0.396 e. The monoisotopic (exact) mass is 557 g/mol. The molecule has 0 radical (unpaired) electrons. The summed E-state index contributed by atoms with van der Waals surface area (Å²) in [7, 11) is 0. The van der Waals surface area contributed by atoms with E-state index in [1.807, 2.05) is 67.6 Å². The van der Waals surface area contributed by atoms with Gasteiger partial charge in [0.2, 0.25) is 17.7 Å². The highest BCUT2D eigenvalue weighted by molar-refractivity contribution is 6.03. The summed E-state index contributed by atoms with van der Waals surface area (Å²) < 4.78 is 6.79. The first-order valence-electron chi connectivity index (χ1n) is 14.3. The number of carbonyl (C=O) groups excluding carboxylic acids is 3. The first kappa shape index (κ1) is 28.8. The minimum absolute atomic E-state index is 0.120. The molecule has 2 unspecified atom stereocenters. The molecule has 3 amide bonds. The highest BCUT2D eigenvalue weighted by Gasteiger charge is 2.78. The van der Waals surface area contributed by atoms with Crippen LogP contribution in [0, 0.1) is 11.8 Å². The standard InChI is InChI=1S/C33H39N3O5/c1-4-19-34(23-24-13-8-6-9-14-24)31(40)28-33-18-17-32(3,41-33)26(27(33)30(39)36(28)21-12-22-37)29(38)35(20-5-2)25-15-10-7-11-16-25/h4-11,13-16,26-28,37H,1-2,12,17-23H2,3H3/t26-,27+,28?,32+,33?/m1/s1. The number of rotatable bonds is 12. The molecular formula is C33H39N3O5. The van der Waals surface area contributed by atoms with E-state index in [1.54, 1.807) is 26.9 Å². The van der Waals surface area contributed by atoms with Gasteiger partial charge in [-0.3, -0.25) is 14.4 Å². The summed E-state index contributed by atoms with van der Waals surface area (Å²) >= 11 is 0. The Morgan fingerprint density at radius 1 is 1.02 bits per heavy atom. The van der Waals surface area contributed by atoms with Crippen molar-refractivity contribution < 1.29 is 24.2 Å². The van der Waals surface area contributed by atoms with Gasteiger partial charge in [-0.05, 0) is 43.9 Å². The molecule has 2 bridgehead atoms. The van der Waals surface area contributed by atoms with Crippen LogP contribution in [-0.4, -0.2) is 76.1 Å². The molecule has 5 atom stereocenters. The second-order valence-electron chi connectivity index (χ2n) is 11.4. The first-order chi connectivity index (χ1) is 19.8. The molecular weight excluding hydrogens is 518 g/mol. The zero-order chi connectivity index (χ0) is 29.2. The van der Waals surface area contributed by atoms with Gasteiger partial charge in [-0.1, -0.05) is 60.7 Å². The SMILES string of the molecule is C=CCN(Cc1ccccc1)C(=O)C1N(CCCO)C(=O)[C@@H]2[C@H](C(=O)N(CC=C)c3ccccc3)[C@]3(C)CCC12O3. The average molecular weight is 558 g/mol. The van der Waals surface area contributed by atoms with Crippen LogP contribution in [0.1, 0.15) is 31.7 Å². The van der Waals surface area contributed by atoms with Crippen LogP contribution in [0.5, 0.6) is 0 Å². The number of likely N-dealkylation sites (tertiary alicyclic amines) is 1. The number of fused-ring (bicyclic) bond motifs is 1. The quantitative estimate of drug-likeness (QED) is 0.403. The number of para-hydroxylation sites is 1. The Hall–Kier alpha value is -3.75. The van der Waals surface area contributed by atoms with E-state index in [2.05, 4.69) is 13.2 Å². The van der Waals surface area contributed by atoms with Crippen molar-refractivity contribution in [3.63, 3.8) is 0 Å². The third kappa shape index (κ3) is 4.89. The lowest BCUT2D eigenvalue weighted by molar-refractivity contribution is -0.151. The van der Waals surface area contributed by atoms with Crippen LogP contribution in [0.4, 0.5) is 5.69 Å². The fraction of sp³-hybridized carbons (Fsp3) is 0.424. The van der Waals surface area contributed by atoms with Gasteiger partial charge in [0.15, 0.2) is 0 Å². The van der Waals surface area contributed by atoms with Crippen LogP contribution < -0.4 is 4.90 Å². The van der Waals surface area contributed by atoms with E-state index in [1.165, 1.54) is 0 Å². The number of amides is 3. The molecule has 41 heavy (non-hydrogen) atoms. The van der Waals surface area contributed by atoms with Crippen LogP contribution in [0.25, 0.3) is 0 Å². The molecule has 2 aromatic carbocycles. The van der Waals surface area contributed by atoms with Crippen LogP contribution in [0.2, 0.25) is 0 Å². The number of aliphatic hydroxyl groups is 1. The van der Waals surface area contributed by atoms with Crippen LogP contribution in [0.3, 0.4) is 0 Å². The lowest BCUT2D eigenvalue weighted by Crippen LogP contribution is -2.56. The molecule has 3 fully saturated rings. The van der Waals surface area contributed by atoms with E-state index < -0.39 is 29.1 Å². The summed E-state index contributed by atoms with van der Waals surface area (Å²) in [6.07, 6.45) is 4.72. The van der Waals surface area contributed by atoms with Gasteiger partial charge in [0.25, 0.3) is 0 Å². The molecule has 5 rings (SSSR count). The average Bonchev–Trinajstić information content (AvgIpc) is 3.55. The summed E-state index contributed by atoms with van der Waals surface area (Å²) in [5.41, 5.74) is -0.350. The molecule has 1 N–H and O–H groups in total. The van der Waals surface area contributed by atoms with Crippen molar-refractivity contribution in [2.24, 2.45) is 11.8 Å². The lowest BCUT2D eigenvalue weighted by Gasteiger charge is -2.37. The van der Waals surface area contributed by atoms with Crippen molar-refractivity contribution >= 4 is 23.4 Å². The zero-order valence-electron chi connectivity index (χ0n) is 23.7. The number of carbonyl (C=O) groups is 3. The van der Waals surface area contributed by atoms with Crippen molar-refractivity contribution in [1.29, 1.82) is 0 Å². The molecule has 0 aliphatic carbocycles. The van der Waals surface area contributed by atoms with Crippen molar-refractivity contribution in [2.45, 2.75) is 50.0 Å². The number of hydrogen-bond donors (Lipinski definition) is 1. The van der Waals surface area contributed by atoms with E-state index in [0.717, 1.165) is 5.56 Å². The van der Waals surface area contributed by atoms with Crippen molar-refractivity contribution in [3.8, 4) is 0 Å². The Kier molecular flexibility index (Phi) is 8.16. The first-order valence-corrected chi connectivity index (χ1v) is 14.3. The Labute approximate surface area is 241 Å². The maximum Gasteiger partial charge on any atom is 0.248 e. The molecule has 0 saturated carbocycles. The molecule has 2 aromatic rings. The van der Waals surface area contributed by atoms with Crippen molar-refractivity contribution in [2.75, 3.05) is 31.1 Å². The van der Waals surface area contributed by atoms with E-state index in [-0.39, 0.29) is 37.4 Å². The lowest BCUT2D eigenvalue weighted by atomic mass is 9.66. The Balaban J connectivity index is 1.55.